The molecule has 0 amide bonds. The lowest BCUT2D eigenvalue weighted by Gasteiger charge is -2.24. The minimum atomic E-state index is -0.238. The average molecular weight is 313 g/mol. The van der Waals surface area contributed by atoms with Crippen LogP contribution in [0.1, 0.15) is 46.0 Å². The van der Waals surface area contributed by atoms with E-state index >= 15 is 0 Å². The molecule has 2 rings (SSSR count). The van der Waals surface area contributed by atoms with E-state index in [0.29, 0.717) is 18.2 Å². The van der Waals surface area contributed by atoms with E-state index in [1.165, 1.54) is 17.5 Å². The van der Waals surface area contributed by atoms with Crippen LogP contribution in [0.25, 0.3) is 0 Å². The summed E-state index contributed by atoms with van der Waals surface area (Å²) in [5, 5.41) is 7.75. The van der Waals surface area contributed by atoms with Gasteiger partial charge in [0.2, 0.25) is 0 Å². The van der Waals surface area contributed by atoms with Crippen molar-refractivity contribution in [3.8, 4) is 0 Å². The molecule has 0 aliphatic heterocycles. The smallest absolute Gasteiger partial charge is 0.287 e. The number of halogens is 1. The Hall–Kier alpha value is -1.07. The van der Waals surface area contributed by atoms with Gasteiger partial charge >= 0.3 is 0 Å². The lowest BCUT2D eigenvalue weighted by molar-refractivity contribution is 0.463. The standard InChI is InChI=1S/C15H25ClN4O/c1-10(2)9-20-15(21)14(16)13(8-18-20)19-12-7-5-3-4-6-11(12)17/h8,10-12,19H,3-7,9,17H2,1-2H3. The molecule has 1 aromatic heterocycles. The number of anilines is 1. The first-order chi connectivity index (χ1) is 9.99. The largest absolute Gasteiger partial charge is 0.378 e. The second-order valence-corrected chi connectivity index (χ2v) is 6.68. The third kappa shape index (κ3) is 4.20. The van der Waals surface area contributed by atoms with Crippen LogP contribution in [0.3, 0.4) is 0 Å². The molecule has 2 unspecified atom stereocenters. The normalized spacial score (nSPS) is 23.1. The van der Waals surface area contributed by atoms with Crippen molar-refractivity contribution in [1.29, 1.82) is 0 Å². The topological polar surface area (TPSA) is 72.9 Å². The molecule has 3 N–H and O–H groups in total. The number of hydrogen-bond acceptors (Lipinski definition) is 4. The fourth-order valence-corrected chi connectivity index (χ4v) is 2.96. The van der Waals surface area contributed by atoms with Crippen LogP contribution in [0.4, 0.5) is 5.69 Å². The van der Waals surface area contributed by atoms with Crippen molar-refractivity contribution in [3.05, 3.63) is 21.6 Å². The summed E-state index contributed by atoms with van der Waals surface area (Å²) in [4.78, 5) is 12.2. The Morgan fingerprint density at radius 1 is 1.43 bits per heavy atom. The molecule has 0 aromatic carbocycles. The van der Waals surface area contributed by atoms with Crippen LogP contribution in [-0.2, 0) is 6.54 Å². The van der Waals surface area contributed by atoms with Gasteiger partial charge in [-0.3, -0.25) is 4.79 Å². The maximum absolute atomic E-state index is 12.2. The summed E-state index contributed by atoms with van der Waals surface area (Å²) in [6, 6.07) is 0.258. The third-order valence-electron chi connectivity index (χ3n) is 3.93. The highest BCUT2D eigenvalue weighted by atomic mass is 35.5. The molecule has 21 heavy (non-hydrogen) atoms. The van der Waals surface area contributed by atoms with Gasteiger partial charge in [0.1, 0.15) is 5.02 Å². The summed E-state index contributed by atoms with van der Waals surface area (Å²) in [6.45, 7) is 4.65. The fraction of sp³-hybridized carbons (Fsp3) is 0.733. The zero-order valence-corrected chi connectivity index (χ0v) is 13.6. The molecule has 0 bridgehead atoms. The molecular weight excluding hydrogens is 288 g/mol. The lowest BCUT2D eigenvalue weighted by atomic mass is 10.0. The monoisotopic (exact) mass is 312 g/mol. The summed E-state index contributed by atoms with van der Waals surface area (Å²) in [5.74, 6) is 0.348. The van der Waals surface area contributed by atoms with Crippen molar-refractivity contribution in [2.75, 3.05) is 5.32 Å². The minimum Gasteiger partial charge on any atom is -0.378 e. The van der Waals surface area contributed by atoms with Crippen LogP contribution in [0.5, 0.6) is 0 Å². The number of aromatic nitrogens is 2. The first-order valence-electron chi connectivity index (χ1n) is 7.76. The fourth-order valence-electron chi connectivity index (χ4n) is 2.76. The van der Waals surface area contributed by atoms with Crippen LogP contribution >= 0.6 is 11.6 Å². The summed E-state index contributed by atoms with van der Waals surface area (Å²) < 4.78 is 1.42. The number of hydrogen-bond donors (Lipinski definition) is 2. The molecule has 2 atom stereocenters. The van der Waals surface area contributed by atoms with Gasteiger partial charge in [0.25, 0.3) is 5.56 Å². The predicted molar refractivity (Wildman–Crippen MR) is 86.8 cm³/mol. The molecule has 1 saturated carbocycles. The zero-order chi connectivity index (χ0) is 15.4. The number of nitrogens with one attached hydrogen (secondary N) is 1. The van der Waals surface area contributed by atoms with Crippen molar-refractivity contribution < 1.29 is 0 Å². The van der Waals surface area contributed by atoms with E-state index in [2.05, 4.69) is 10.4 Å². The Labute approximate surface area is 130 Å². The molecule has 0 radical (unpaired) electrons. The van der Waals surface area contributed by atoms with E-state index in [0.717, 1.165) is 19.3 Å². The van der Waals surface area contributed by atoms with Gasteiger partial charge in [0, 0.05) is 18.6 Å². The van der Waals surface area contributed by atoms with Crippen LogP contribution in [0, 0.1) is 5.92 Å². The van der Waals surface area contributed by atoms with Crippen LogP contribution in [-0.4, -0.2) is 21.9 Å². The second-order valence-electron chi connectivity index (χ2n) is 6.31. The van der Waals surface area contributed by atoms with Crippen molar-refractivity contribution in [2.24, 2.45) is 11.7 Å². The van der Waals surface area contributed by atoms with Crippen molar-refractivity contribution >= 4 is 17.3 Å². The van der Waals surface area contributed by atoms with Gasteiger partial charge in [0.05, 0.1) is 11.9 Å². The first-order valence-corrected chi connectivity index (χ1v) is 8.14. The molecule has 118 valence electrons. The summed E-state index contributed by atoms with van der Waals surface area (Å²) in [5.41, 5.74) is 6.56. The Balaban J connectivity index is 2.16. The molecule has 0 saturated heterocycles. The molecule has 1 aromatic rings. The minimum absolute atomic E-state index is 0.0988. The van der Waals surface area contributed by atoms with Crippen LogP contribution < -0.4 is 16.6 Å². The van der Waals surface area contributed by atoms with E-state index in [1.807, 2.05) is 13.8 Å². The van der Waals surface area contributed by atoms with E-state index in [1.54, 1.807) is 6.20 Å². The maximum Gasteiger partial charge on any atom is 0.287 e. The van der Waals surface area contributed by atoms with E-state index < -0.39 is 0 Å². The highest BCUT2D eigenvalue weighted by Crippen LogP contribution is 2.23. The maximum atomic E-state index is 12.2. The molecule has 5 nitrogen and oxygen atoms in total. The van der Waals surface area contributed by atoms with Gasteiger partial charge in [-0.2, -0.15) is 5.10 Å². The zero-order valence-electron chi connectivity index (χ0n) is 12.8. The Morgan fingerprint density at radius 3 is 2.86 bits per heavy atom. The van der Waals surface area contributed by atoms with E-state index in [9.17, 15) is 4.79 Å². The first kappa shape index (κ1) is 16.3. The number of nitrogens with two attached hydrogens (primary N) is 1. The molecule has 1 heterocycles. The van der Waals surface area contributed by atoms with Gasteiger partial charge in [-0.15, -0.1) is 0 Å². The molecule has 0 spiro atoms. The molecule has 1 aliphatic rings. The predicted octanol–water partition coefficient (Wildman–Crippen LogP) is 2.62. The summed E-state index contributed by atoms with van der Waals surface area (Å²) in [7, 11) is 0. The number of nitrogens with zero attached hydrogens (tertiary/aromatic N) is 2. The highest BCUT2D eigenvalue weighted by Gasteiger charge is 2.22. The summed E-state index contributed by atoms with van der Waals surface area (Å²) >= 11 is 6.21. The summed E-state index contributed by atoms with van der Waals surface area (Å²) in [6.07, 6.45) is 7.19. The van der Waals surface area contributed by atoms with E-state index in [4.69, 9.17) is 17.3 Å². The van der Waals surface area contributed by atoms with Crippen LogP contribution in [0.2, 0.25) is 5.02 Å². The molecule has 1 fully saturated rings. The molecule has 6 heteroatoms. The number of rotatable bonds is 4. The van der Waals surface area contributed by atoms with Gasteiger partial charge in [0.15, 0.2) is 0 Å². The Morgan fingerprint density at radius 2 is 2.14 bits per heavy atom. The average Bonchev–Trinajstić information content (AvgIpc) is 2.63. The van der Waals surface area contributed by atoms with Crippen molar-refractivity contribution in [2.45, 2.75) is 64.6 Å². The van der Waals surface area contributed by atoms with Gasteiger partial charge in [-0.05, 0) is 18.8 Å². The SMILES string of the molecule is CC(C)Cn1ncc(NC2CCCCCC2N)c(Cl)c1=O. The molecule has 1 aliphatic carbocycles. The third-order valence-corrected chi connectivity index (χ3v) is 4.30. The highest BCUT2D eigenvalue weighted by molar-refractivity contribution is 6.32. The van der Waals surface area contributed by atoms with Gasteiger partial charge in [-0.1, -0.05) is 44.7 Å². The van der Waals surface area contributed by atoms with Crippen molar-refractivity contribution in [1.82, 2.24) is 9.78 Å². The quantitative estimate of drug-likeness (QED) is 0.838. The van der Waals surface area contributed by atoms with E-state index in [-0.39, 0.29) is 22.7 Å². The molecular formula is C15H25ClN4O. The lowest BCUT2D eigenvalue weighted by Crippen LogP contribution is -2.40. The van der Waals surface area contributed by atoms with Crippen molar-refractivity contribution in [3.63, 3.8) is 0 Å². The van der Waals surface area contributed by atoms with Crippen LogP contribution in [0.15, 0.2) is 11.0 Å². The Kier molecular flexibility index (Phi) is 5.65. The Bertz CT molecular complexity index is 529. The van der Waals surface area contributed by atoms with Gasteiger partial charge in [-0.25, -0.2) is 4.68 Å². The second kappa shape index (κ2) is 7.27. The van der Waals surface area contributed by atoms with Gasteiger partial charge < -0.3 is 11.1 Å².